The van der Waals surface area contributed by atoms with E-state index in [9.17, 15) is 0 Å². The van der Waals surface area contributed by atoms with Crippen LogP contribution >= 0.6 is 0 Å². The van der Waals surface area contributed by atoms with Crippen LogP contribution < -0.4 is 10.6 Å². The molecule has 0 spiro atoms. The summed E-state index contributed by atoms with van der Waals surface area (Å²) in [6.45, 7) is 11.2. The Balaban J connectivity index is 1.63. The first kappa shape index (κ1) is 22.7. The molecule has 0 radical (unpaired) electrons. The lowest BCUT2D eigenvalue weighted by Crippen LogP contribution is -2.41. The fraction of sp³-hybridized carbons (Fsp3) is 0.762. The Hall–Kier alpha value is -1.57. The van der Waals surface area contributed by atoms with Crippen molar-refractivity contribution in [2.45, 2.75) is 39.0 Å². The van der Waals surface area contributed by atoms with E-state index in [1.54, 1.807) is 6.26 Å². The van der Waals surface area contributed by atoms with Gasteiger partial charge in [-0.1, -0.05) is 13.3 Å². The number of aliphatic imine (C=N–C) groups is 1. The monoisotopic (exact) mass is 394 g/mol. The third-order valence-electron chi connectivity index (χ3n) is 4.65. The van der Waals surface area contributed by atoms with Crippen molar-refractivity contribution in [2.24, 2.45) is 4.99 Å². The second-order valence-corrected chi connectivity index (χ2v) is 7.04. The van der Waals surface area contributed by atoms with Gasteiger partial charge in [-0.15, -0.1) is 0 Å². The van der Waals surface area contributed by atoms with E-state index in [1.165, 1.54) is 6.42 Å². The van der Waals surface area contributed by atoms with E-state index in [0.29, 0.717) is 0 Å². The van der Waals surface area contributed by atoms with Crippen LogP contribution in [-0.4, -0.2) is 76.6 Å². The van der Waals surface area contributed by atoms with Crippen molar-refractivity contribution >= 4 is 5.96 Å². The Morgan fingerprint density at radius 3 is 2.75 bits per heavy atom. The van der Waals surface area contributed by atoms with Gasteiger partial charge in [0, 0.05) is 52.4 Å². The van der Waals surface area contributed by atoms with E-state index < -0.39 is 0 Å². The van der Waals surface area contributed by atoms with E-state index in [2.05, 4.69) is 22.5 Å². The summed E-state index contributed by atoms with van der Waals surface area (Å²) >= 11 is 0. The van der Waals surface area contributed by atoms with E-state index in [0.717, 1.165) is 103 Å². The number of morpholine rings is 1. The Bertz CT molecular complexity index is 502. The molecule has 1 aromatic heterocycles. The maximum absolute atomic E-state index is 5.61. The van der Waals surface area contributed by atoms with Crippen molar-refractivity contribution in [2.75, 3.05) is 65.7 Å². The zero-order chi connectivity index (χ0) is 19.7. The molecule has 1 aliphatic heterocycles. The van der Waals surface area contributed by atoms with Crippen LogP contribution in [-0.2, 0) is 15.9 Å². The lowest BCUT2D eigenvalue weighted by atomic mass is 10.3. The SMILES string of the molecule is CCCCOCCCN=C(NCCCN1CCOCC1)NCCc1ccco1. The highest BCUT2D eigenvalue weighted by Gasteiger charge is 2.09. The maximum Gasteiger partial charge on any atom is 0.191 e. The van der Waals surface area contributed by atoms with Gasteiger partial charge in [0.15, 0.2) is 5.96 Å². The second kappa shape index (κ2) is 15.4. The second-order valence-electron chi connectivity index (χ2n) is 7.04. The van der Waals surface area contributed by atoms with Crippen LogP contribution in [0, 0.1) is 0 Å². The van der Waals surface area contributed by atoms with Gasteiger partial charge in [-0.25, -0.2) is 0 Å². The molecule has 1 saturated heterocycles. The van der Waals surface area contributed by atoms with Crippen LogP contribution in [0.1, 0.15) is 38.4 Å². The molecule has 0 aromatic carbocycles. The fourth-order valence-corrected chi connectivity index (χ4v) is 2.97. The van der Waals surface area contributed by atoms with E-state index >= 15 is 0 Å². The molecule has 0 amide bonds. The number of guanidine groups is 1. The van der Waals surface area contributed by atoms with Gasteiger partial charge in [-0.05, 0) is 37.9 Å². The van der Waals surface area contributed by atoms with Gasteiger partial charge in [0.25, 0.3) is 0 Å². The third kappa shape index (κ3) is 10.7. The quantitative estimate of drug-likeness (QED) is 0.287. The van der Waals surface area contributed by atoms with Crippen molar-refractivity contribution in [3.05, 3.63) is 24.2 Å². The largest absolute Gasteiger partial charge is 0.469 e. The predicted molar refractivity (Wildman–Crippen MR) is 113 cm³/mol. The predicted octanol–water partition coefficient (Wildman–Crippen LogP) is 2.29. The van der Waals surface area contributed by atoms with E-state index in [4.69, 9.17) is 18.9 Å². The van der Waals surface area contributed by atoms with Crippen molar-refractivity contribution < 1.29 is 13.9 Å². The normalized spacial score (nSPS) is 15.7. The van der Waals surface area contributed by atoms with Crippen LogP contribution in [0.15, 0.2) is 27.8 Å². The molecule has 1 fully saturated rings. The molecule has 2 rings (SSSR count). The number of ether oxygens (including phenoxy) is 2. The van der Waals surface area contributed by atoms with Gasteiger partial charge in [-0.3, -0.25) is 9.89 Å². The maximum atomic E-state index is 5.61. The third-order valence-corrected chi connectivity index (χ3v) is 4.65. The summed E-state index contributed by atoms with van der Waals surface area (Å²) in [5, 5.41) is 6.87. The molecule has 0 saturated carbocycles. The number of rotatable bonds is 14. The number of unbranched alkanes of at least 4 members (excludes halogenated alkanes) is 1. The van der Waals surface area contributed by atoms with Crippen LogP contribution in [0.4, 0.5) is 0 Å². The molecule has 0 bridgehead atoms. The lowest BCUT2D eigenvalue weighted by molar-refractivity contribution is 0.0376. The molecule has 1 aromatic rings. The summed E-state index contributed by atoms with van der Waals surface area (Å²) < 4.78 is 16.4. The van der Waals surface area contributed by atoms with Crippen LogP contribution in [0.5, 0.6) is 0 Å². The highest BCUT2D eigenvalue weighted by molar-refractivity contribution is 5.79. The van der Waals surface area contributed by atoms with E-state index in [1.807, 2.05) is 12.1 Å². The molecule has 2 N–H and O–H groups in total. The van der Waals surface area contributed by atoms with Crippen LogP contribution in [0.3, 0.4) is 0 Å². The van der Waals surface area contributed by atoms with Crippen molar-refractivity contribution in [3.63, 3.8) is 0 Å². The first-order valence-electron chi connectivity index (χ1n) is 10.8. The van der Waals surface area contributed by atoms with Gasteiger partial charge in [0.2, 0.25) is 0 Å². The highest BCUT2D eigenvalue weighted by Crippen LogP contribution is 2.00. The molecule has 2 heterocycles. The van der Waals surface area contributed by atoms with Gasteiger partial charge in [0.1, 0.15) is 5.76 Å². The van der Waals surface area contributed by atoms with Crippen molar-refractivity contribution in [1.82, 2.24) is 15.5 Å². The molecular formula is C21H38N4O3. The van der Waals surface area contributed by atoms with Gasteiger partial charge < -0.3 is 24.5 Å². The zero-order valence-corrected chi connectivity index (χ0v) is 17.5. The Labute approximate surface area is 169 Å². The molecule has 1 aliphatic rings. The number of nitrogens with one attached hydrogen (secondary N) is 2. The molecule has 28 heavy (non-hydrogen) atoms. The Morgan fingerprint density at radius 2 is 1.96 bits per heavy atom. The Kier molecular flexibility index (Phi) is 12.5. The van der Waals surface area contributed by atoms with Gasteiger partial charge >= 0.3 is 0 Å². The number of hydrogen-bond donors (Lipinski definition) is 2. The van der Waals surface area contributed by atoms with Gasteiger partial charge in [0.05, 0.1) is 19.5 Å². The topological polar surface area (TPSA) is 71.3 Å². The molecule has 7 heteroatoms. The molecular weight excluding hydrogens is 356 g/mol. The molecule has 160 valence electrons. The summed E-state index contributed by atoms with van der Waals surface area (Å²) in [5.41, 5.74) is 0. The van der Waals surface area contributed by atoms with Crippen LogP contribution in [0.25, 0.3) is 0 Å². The molecule has 0 unspecified atom stereocenters. The minimum atomic E-state index is 0.770. The molecule has 0 aliphatic carbocycles. The van der Waals surface area contributed by atoms with Gasteiger partial charge in [-0.2, -0.15) is 0 Å². The van der Waals surface area contributed by atoms with Crippen molar-refractivity contribution in [3.8, 4) is 0 Å². The van der Waals surface area contributed by atoms with Crippen molar-refractivity contribution in [1.29, 1.82) is 0 Å². The van der Waals surface area contributed by atoms with Crippen LogP contribution in [0.2, 0.25) is 0 Å². The summed E-state index contributed by atoms with van der Waals surface area (Å²) in [6.07, 6.45) is 6.92. The first-order chi connectivity index (χ1) is 13.9. The van der Waals surface area contributed by atoms with E-state index in [-0.39, 0.29) is 0 Å². The minimum Gasteiger partial charge on any atom is -0.469 e. The first-order valence-corrected chi connectivity index (χ1v) is 10.8. The number of furan rings is 1. The highest BCUT2D eigenvalue weighted by atomic mass is 16.5. The average Bonchev–Trinajstić information content (AvgIpc) is 3.24. The zero-order valence-electron chi connectivity index (χ0n) is 17.5. The summed E-state index contributed by atoms with van der Waals surface area (Å²) in [6, 6.07) is 3.93. The summed E-state index contributed by atoms with van der Waals surface area (Å²) in [7, 11) is 0. The standard InChI is InChI=1S/C21H38N4O3/c1-2-3-15-26-16-6-10-23-21(24-11-8-20-7-4-17-28-20)22-9-5-12-25-13-18-27-19-14-25/h4,7,17H,2-3,5-6,8-16,18-19H2,1H3,(H2,22,23,24). The summed E-state index contributed by atoms with van der Waals surface area (Å²) in [5.74, 6) is 1.87. The number of nitrogens with zero attached hydrogens (tertiary/aromatic N) is 2. The average molecular weight is 395 g/mol. The molecule has 7 nitrogen and oxygen atoms in total. The minimum absolute atomic E-state index is 0.770. The molecule has 0 atom stereocenters. The lowest BCUT2D eigenvalue weighted by Gasteiger charge is -2.26. The smallest absolute Gasteiger partial charge is 0.191 e. The Morgan fingerprint density at radius 1 is 1.14 bits per heavy atom. The summed E-state index contributed by atoms with van der Waals surface area (Å²) in [4.78, 5) is 7.15. The number of hydrogen-bond acceptors (Lipinski definition) is 5. The fourth-order valence-electron chi connectivity index (χ4n) is 2.97.